The van der Waals surface area contributed by atoms with E-state index >= 15 is 8.78 Å². The third-order valence-corrected chi connectivity index (χ3v) is 26.8. The number of rotatable bonds is 15. The fourth-order valence-corrected chi connectivity index (χ4v) is 19.5. The number of aryl methyl sites for hydroxylation is 3. The second kappa shape index (κ2) is 41.2. The summed E-state index contributed by atoms with van der Waals surface area (Å²) in [7, 11) is 0. The molecule has 9 aromatic heterocycles. The molecule has 0 unspecified atom stereocenters. The highest BCUT2D eigenvalue weighted by Crippen LogP contribution is 2.51. The molecule has 6 N–H and O–H groups in total. The van der Waals surface area contributed by atoms with Gasteiger partial charge in [-0.05, 0) is 143 Å². The van der Waals surface area contributed by atoms with E-state index in [1.54, 1.807) is 117 Å². The quantitative estimate of drug-likeness (QED) is 0.0282. The minimum absolute atomic E-state index is 0.0381. The number of hydrogen-bond acceptors (Lipinski definition) is 21. The van der Waals surface area contributed by atoms with Gasteiger partial charge >= 0.3 is 12.4 Å². The Morgan fingerprint density at radius 1 is 0.417 bits per heavy atom. The van der Waals surface area contributed by atoms with Gasteiger partial charge in [-0.25, -0.2) is 45.7 Å². The molecule has 45 heteroatoms. The summed E-state index contributed by atoms with van der Waals surface area (Å²) in [6.07, 6.45) is -3.12. The Bertz CT molecular complexity index is 7470. The summed E-state index contributed by atoms with van der Waals surface area (Å²) in [6, 6.07) is 13.8. The van der Waals surface area contributed by atoms with E-state index < -0.39 is 137 Å². The summed E-state index contributed by atoms with van der Waals surface area (Å²) in [4.78, 5) is 118. The van der Waals surface area contributed by atoms with E-state index in [1.807, 2.05) is 44.7 Å². The smallest absolute Gasteiger partial charge is 0.397 e. The number of amides is 3. The Balaban J connectivity index is 0.000000181. The molecule has 3 amide bonds. The monoisotopic (exact) mass is 2090 g/mol. The standard InChI is InChI=1S/C33H31Cl3FN7O2.2C33H28ClF6N7O2/c1-7-22(45)43-11-10-42(14-17(43)5)31-19-12-21(34)29(23-18(6)24(35)26(37)25(36)27(23)39)41-32(19)44(33(46)20(31)13-38)30-16(4)8-9-40-28(30)15(2)3;2*1-6-20(48)46-10-9-45(13-16(46)5)30-17-11-19(34)28(21-23(35)22(33(38,39)40)24(36)25(37)26(21)42)44-31(17)47(32(49)18(30)12-41)29-15(4)7-8-43-27(29)14(2)3/h7-9,12,15,17H,1,10-11,14,39H2,2-6H3;2*6-8,11,14,16H,1,9-10,13,42H2,2-5H3/t17-;2*16-/m111/s1. The topological polar surface area (TPSA) is 363 Å². The molecular formula is C99H87Cl5F13N21O6. The lowest BCUT2D eigenvalue weighted by molar-refractivity contribution is -0.143. The van der Waals surface area contributed by atoms with E-state index in [2.05, 4.69) is 50.7 Å². The van der Waals surface area contributed by atoms with Gasteiger partial charge in [0.1, 0.15) is 79.6 Å². The lowest BCUT2D eigenvalue weighted by Crippen LogP contribution is -2.54. The van der Waals surface area contributed by atoms with Gasteiger partial charge in [0.25, 0.3) is 16.7 Å². The number of aromatic nitrogens is 9. The summed E-state index contributed by atoms with van der Waals surface area (Å²) in [5.41, 5.74) is 6.82. The molecule has 0 aliphatic carbocycles. The predicted molar refractivity (Wildman–Crippen MR) is 526 cm³/mol. The van der Waals surface area contributed by atoms with Gasteiger partial charge in [-0.15, -0.1) is 0 Å². The van der Waals surface area contributed by atoms with Crippen LogP contribution in [0.5, 0.6) is 0 Å². The van der Waals surface area contributed by atoms with Crippen LogP contribution >= 0.6 is 58.0 Å². The number of benzene rings is 3. The molecule has 750 valence electrons. The van der Waals surface area contributed by atoms with Crippen molar-refractivity contribution in [1.29, 1.82) is 15.8 Å². The molecule has 0 bridgehead atoms. The Morgan fingerprint density at radius 3 is 0.931 bits per heavy atom. The van der Waals surface area contributed by atoms with E-state index in [0.717, 1.165) is 39.0 Å². The van der Waals surface area contributed by atoms with Gasteiger partial charge in [0.05, 0.1) is 117 Å². The number of nitrogen functional groups attached to an aromatic ring is 3. The number of halogens is 18. The zero-order valence-corrected chi connectivity index (χ0v) is 82.7. The minimum Gasteiger partial charge on any atom is -0.397 e. The summed E-state index contributed by atoms with van der Waals surface area (Å²) in [5, 5.41) is 30.2. The maximum atomic E-state index is 15.7. The first-order valence-corrected chi connectivity index (χ1v) is 46.0. The van der Waals surface area contributed by atoms with Crippen LogP contribution in [-0.2, 0) is 26.7 Å². The fraction of sp³-hybridized carbons (Fsp3) is 0.303. The molecule has 3 atom stereocenters. The number of piperazine rings is 3. The maximum Gasteiger partial charge on any atom is 0.422 e. The van der Waals surface area contributed by atoms with E-state index in [9.17, 15) is 92.8 Å². The number of carbonyl (C=O) groups excluding carboxylic acids is 3. The number of fused-ring (bicyclic) bond motifs is 3. The van der Waals surface area contributed by atoms with Crippen molar-refractivity contribution in [2.75, 3.05) is 90.8 Å². The number of alkyl halides is 6. The number of carbonyl (C=O) groups is 3. The van der Waals surface area contributed by atoms with Crippen molar-refractivity contribution in [2.45, 2.75) is 138 Å². The molecule has 27 nitrogen and oxygen atoms in total. The molecule has 0 radical (unpaired) electrons. The van der Waals surface area contributed by atoms with Crippen LogP contribution in [0.15, 0.2) is 107 Å². The molecule has 0 spiro atoms. The van der Waals surface area contributed by atoms with Crippen LogP contribution in [0.1, 0.15) is 147 Å². The first kappa shape index (κ1) is 107. The molecular weight excluding hydrogens is 2000 g/mol. The van der Waals surface area contributed by atoms with Crippen LogP contribution in [0, 0.1) is 102 Å². The van der Waals surface area contributed by atoms with Crippen LogP contribution in [-0.4, -0.2) is 153 Å². The van der Waals surface area contributed by atoms with Crippen LogP contribution in [0.25, 0.3) is 83.9 Å². The highest BCUT2D eigenvalue weighted by Gasteiger charge is 2.46. The average Bonchev–Trinajstić information content (AvgIpc) is 0.723. The Morgan fingerprint density at radius 2 is 0.688 bits per heavy atom. The molecule has 3 fully saturated rings. The van der Waals surface area contributed by atoms with Gasteiger partial charge < -0.3 is 46.6 Å². The van der Waals surface area contributed by atoms with Crippen LogP contribution in [0.4, 0.5) is 91.2 Å². The highest BCUT2D eigenvalue weighted by molar-refractivity contribution is 6.39. The van der Waals surface area contributed by atoms with Crippen LogP contribution in [0.2, 0.25) is 25.1 Å². The zero-order chi connectivity index (χ0) is 106. The fourth-order valence-electron chi connectivity index (χ4n) is 18.3. The number of nitrogens with two attached hydrogens (primary N) is 3. The summed E-state index contributed by atoms with van der Waals surface area (Å²) < 4.78 is 191. The summed E-state index contributed by atoms with van der Waals surface area (Å²) in [6.45, 7) is 35.6. The van der Waals surface area contributed by atoms with Gasteiger partial charge in [0, 0.05) is 117 Å². The lowest BCUT2D eigenvalue weighted by Gasteiger charge is -2.41. The zero-order valence-electron chi connectivity index (χ0n) is 78.9. The molecule has 15 rings (SSSR count). The average molecular weight is 2090 g/mol. The lowest BCUT2D eigenvalue weighted by atomic mass is 10.00. The van der Waals surface area contributed by atoms with Crippen molar-refractivity contribution < 1.29 is 71.5 Å². The van der Waals surface area contributed by atoms with Crippen molar-refractivity contribution in [3.8, 4) is 69.0 Å². The van der Waals surface area contributed by atoms with Crippen molar-refractivity contribution >= 4 is 143 Å². The predicted octanol–water partition coefficient (Wildman–Crippen LogP) is 20.3. The minimum atomic E-state index is -5.68. The van der Waals surface area contributed by atoms with E-state index in [4.69, 9.17) is 80.2 Å². The van der Waals surface area contributed by atoms with Gasteiger partial charge in [0.15, 0.2) is 29.1 Å². The number of nitriles is 3. The Hall–Kier alpha value is -14.4. The summed E-state index contributed by atoms with van der Waals surface area (Å²) in [5.74, 6) is -16.4. The third kappa shape index (κ3) is 18.7. The van der Waals surface area contributed by atoms with Crippen molar-refractivity contribution in [2.24, 2.45) is 0 Å². The van der Waals surface area contributed by atoms with Crippen LogP contribution < -0.4 is 48.6 Å². The third-order valence-electron chi connectivity index (χ3n) is 25.1. The van der Waals surface area contributed by atoms with E-state index in [0.29, 0.717) is 64.6 Å². The molecule has 12 heterocycles. The van der Waals surface area contributed by atoms with E-state index in [-0.39, 0.29) is 186 Å². The number of hydrogen-bond donors (Lipinski definition) is 3. The second-order valence-electron chi connectivity index (χ2n) is 35.2. The van der Waals surface area contributed by atoms with E-state index in [1.165, 1.54) is 23.0 Å². The first-order valence-electron chi connectivity index (χ1n) is 44.2. The number of nitrogens with zero attached hydrogens (tertiary/aromatic N) is 18. The Kier molecular flexibility index (Phi) is 30.6. The van der Waals surface area contributed by atoms with Gasteiger partial charge in [-0.2, -0.15) is 42.1 Å². The molecule has 3 aromatic carbocycles. The van der Waals surface area contributed by atoms with Crippen LogP contribution in [0.3, 0.4) is 0 Å². The van der Waals surface area contributed by atoms with Gasteiger partial charge in [-0.3, -0.25) is 57.4 Å². The Labute approximate surface area is 838 Å². The maximum absolute atomic E-state index is 15.7. The first-order chi connectivity index (χ1) is 67.6. The SMILES string of the molecule is C=CC(=O)N1CCN(c2c(C#N)c(=O)n(-c3c(C)ccnc3C(C)C)c3nc(-c4c(C)c(Cl)c(F)c(Cl)c4N)c(Cl)cc23)C[C@H]1C.C=CC(=O)N1CCN(c2c(C#N)c(=O)n(-c3c(C)ccnc3C(C)C)c3nc(-c4c(N)c(F)c(F)c(C(F)(F)F)c4F)c(Cl)cc23)C[C@H]1C.C=CC(=O)N1CCN(c2c(C#N)c(=O)n(-c3c(C)ccnc3C(C)C)c3nc(-c4c(N)c(F)c(F)c(C(F)(F)F)c4F)c(Cl)cc23)C[C@H]1C. The normalized spacial score (nSPS) is 15.1. The highest BCUT2D eigenvalue weighted by atomic mass is 35.5. The van der Waals surface area contributed by atoms with Crippen molar-refractivity contribution in [3.05, 3.63) is 257 Å². The largest absolute Gasteiger partial charge is 0.422 e. The summed E-state index contributed by atoms with van der Waals surface area (Å²) >= 11 is 32.6. The number of pyridine rings is 9. The molecule has 144 heavy (non-hydrogen) atoms. The number of anilines is 6. The van der Waals surface area contributed by atoms with Crippen molar-refractivity contribution in [3.63, 3.8) is 0 Å². The van der Waals surface area contributed by atoms with Gasteiger partial charge in [0.2, 0.25) is 17.7 Å². The molecule has 12 aromatic rings. The van der Waals surface area contributed by atoms with Gasteiger partial charge in [-0.1, -0.05) is 119 Å². The molecule has 3 aliphatic heterocycles. The molecule has 3 saturated heterocycles. The second-order valence-corrected chi connectivity index (χ2v) is 37.2. The molecule has 0 saturated carbocycles. The van der Waals surface area contributed by atoms with Crippen molar-refractivity contribution in [1.82, 2.24) is 58.3 Å². The molecule has 3 aliphatic rings.